The number of rotatable bonds is 4. The highest BCUT2D eigenvalue weighted by Crippen LogP contribution is 2.12. The van der Waals surface area contributed by atoms with Gasteiger partial charge >= 0.3 is 0 Å². The van der Waals surface area contributed by atoms with Crippen molar-refractivity contribution in [2.75, 3.05) is 26.2 Å². The lowest BCUT2D eigenvalue weighted by Gasteiger charge is -2.35. The van der Waals surface area contributed by atoms with Crippen molar-refractivity contribution in [2.24, 2.45) is 0 Å². The normalized spacial score (nSPS) is 24.4. The number of aryl methyl sites for hydroxylation is 1. The Morgan fingerprint density at radius 3 is 2.79 bits per heavy atom. The Morgan fingerprint density at radius 1 is 1.53 bits per heavy atom. The number of nitrogens with one attached hydrogen (secondary N) is 1. The average Bonchev–Trinajstić information content (AvgIpc) is 2.74. The van der Waals surface area contributed by atoms with Crippen LogP contribution in [0.25, 0.3) is 0 Å². The number of morpholine rings is 1. The van der Waals surface area contributed by atoms with Crippen LogP contribution < -0.4 is 5.32 Å². The molecule has 19 heavy (non-hydrogen) atoms. The minimum atomic E-state index is -0.0191. The van der Waals surface area contributed by atoms with Crippen LogP contribution in [0.2, 0.25) is 0 Å². The average molecular weight is 283 g/mol. The fourth-order valence-electron chi connectivity index (χ4n) is 2.39. The van der Waals surface area contributed by atoms with Crippen molar-refractivity contribution in [3.05, 3.63) is 16.1 Å². The minimum absolute atomic E-state index is 0.0191. The molecule has 5 nitrogen and oxygen atoms in total. The number of aromatic nitrogens is 1. The zero-order valence-corrected chi connectivity index (χ0v) is 12.5. The van der Waals surface area contributed by atoms with Gasteiger partial charge in [-0.25, -0.2) is 4.98 Å². The van der Waals surface area contributed by atoms with Crippen molar-refractivity contribution in [3.63, 3.8) is 0 Å². The second-order valence-electron chi connectivity index (χ2n) is 5.04. The smallest absolute Gasteiger partial charge is 0.263 e. The van der Waals surface area contributed by atoms with Gasteiger partial charge in [0.1, 0.15) is 4.88 Å². The summed E-state index contributed by atoms with van der Waals surface area (Å²) in [6.45, 7) is 9.41. The Balaban J connectivity index is 1.75. The maximum atomic E-state index is 11.9. The molecule has 0 aliphatic carbocycles. The van der Waals surface area contributed by atoms with E-state index in [0.29, 0.717) is 11.4 Å². The first kappa shape index (κ1) is 14.4. The molecule has 6 heteroatoms. The van der Waals surface area contributed by atoms with Gasteiger partial charge in [-0.2, -0.15) is 0 Å². The van der Waals surface area contributed by atoms with E-state index < -0.39 is 0 Å². The van der Waals surface area contributed by atoms with Crippen molar-refractivity contribution in [3.8, 4) is 0 Å². The van der Waals surface area contributed by atoms with Crippen LogP contribution >= 0.6 is 11.3 Å². The first-order valence-corrected chi connectivity index (χ1v) is 7.50. The lowest BCUT2D eigenvalue weighted by molar-refractivity contribution is -0.0672. The topological polar surface area (TPSA) is 54.5 Å². The molecule has 0 unspecified atom stereocenters. The van der Waals surface area contributed by atoms with Gasteiger partial charge in [0.2, 0.25) is 0 Å². The van der Waals surface area contributed by atoms with Gasteiger partial charge in [-0.15, -0.1) is 11.3 Å². The predicted octanol–water partition coefficient (Wildman–Crippen LogP) is 1.29. The molecule has 0 radical (unpaired) electrons. The third kappa shape index (κ3) is 3.99. The van der Waals surface area contributed by atoms with E-state index in [2.05, 4.69) is 29.0 Å². The Hall–Kier alpha value is -0.980. The van der Waals surface area contributed by atoms with Gasteiger partial charge in [-0.05, 0) is 20.8 Å². The Labute approximate surface area is 118 Å². The van der Waals surface area contributed by atoms with Crippen molar-refractivity contribution < 1.29 is 9.53 Å². The highest BCUT2D eigenvalue weighted by molar-refractivity contribution is 7.11. The van der Waals surface area contributed by atoms with Gasteiger partial charge in [0.15, 0.2) is 0 Å². The fraction of sp³-hybridized carbons (Fsp3) is 0.692. The first-order valence-electron chi connectivity index (χ1n) is 6.62. The molecular formula is C13H21N3O2S. The molecule has 0 spiro atoms. The third-order valence-corrected chi connectivity index (χ3v) is 4.09. The summed E-state index contributed by atoms with van der Waals surface area (Å²) in [4.78, 5) is 19.0. The number of ether oxygens (including phenoxy) is 1. The van der Waals surface area contributed by atoms with E-state index in [0.717, 1.165) is 25.3 Å². The quantitative estimate of drug-likeness (QED) is 0.905. The number of nitrogens with zero attached hydrogens (tertiary/aromatic N) is 2. The van der Waals surface area contributed by atoms with Crippen LogP contribution in [0, 0.1) is 6.92 Å². The van der Waals surface area contributed by atoms with Crippen LogP contribution in [0.5, 0.6) is 0 Å². The van der Waals surface area contributed by atoms with E-state index in [9.17, 15) is 4.79 Å². The third-order valence-electron chi connectivity index (χ3n) is 3.16. The van der Waals surface area contributed by atoms with Gasteiger partial charge < -0.3 is 10.1 Å². The van der Waals surface area contributed by atoms with E-state index in [1.807, 2.05) is 6.92 Å². The molecule has 2 atom stereocenters. The number of thiazole rings is 1. The van der Waals surface area contributed by atoms with Gasteiger partial charge in [0.25, 0.3) is 5.91 Å². The zero-order chi connectivity index (χ0) is 13.8. The summed E-state index contributed by atoms with van der Waals surface area (Å²) in [5, 5.41) is 2.95. The molecule has 1 aliphatic rings. The van der Waals surface area contributed by atoms with E-state index in [4.69, 9.17) is 4.74 Å². The highest BCUT2D eigenvalue weighted by atomic mass is 32.1. The van der Waals surface area contributed by atoms with E-state index in [1.165, 1.54) is 11.3 Å². The summed E-state index contributed by atoms with van der Waals surface area (Å²) in [6.07, 6.45) is 0.534. The van der Waals surface area contributed by atoms with Gasteiger partial charge in [-0.1, -0.05) is 0 Å². The van der Waals surface area contributed by atoms with Crippen molar-refractivity contribution >= 4 is 17.2 Å². The summed E-state index contributed by atoms with van der Waals surface area (Å²) in [5.41, 5.74) is 2.51. The number of carbonyl (C=O) groups is 1. The summed E-state index contributed by atoms with van der Waals surface area (Å²) >= 11 is 1.39. The number of amides is 1. The SMILES string of the molecule is Cc1ncsc1C(=O)NCCN1C[C@@H](C)O[C@H](C)C1. The molecule has 1 aromatic rings. The van der Waals surface area contributed by atoms with Crippen molar-refractivity contribution in [1.82, 2.24) is 15.2 Å². The Morgan fingerprint density at radius 2 is 2.21 bits per heavy atom. The van der Waals surface area contributed by atoms with Crippen LogP contribution in [0.1, 0.15) is 29.2 Å². The molecule has 1 amide bonds. The van der Waals surface area contributed by atoms with E-state index >= 15 is 0 Å². The Bertz CT molecular complexity index is 425. The summed E-state index contributed by atoms with van der Waals surface area (Å²) in [7, 11) is 0. The van der Waals surface area contributed by atoms with Gasteiger partial charge in [-0.3, -0.25) is 9.69 Å². The molecule has 1 aromatic heterocycles. The van der Waals surface area contributed by atoms with Crippen LogP contribution in [-0.2, 0) is 4.74 Å². The minimum Gasteiger partial charge on any atom is -0.373 e. The molecule has 0 bridgehead atoms. The van der Waals surface area contributed by atoms with E-state index in [1.54, 1.807) is 5.51 Å². The molecular weight excluding hydrogens is 262 g/mol. The van der Waals surface area contributed by atoms with Crippen LogP contribution in [-0.4, -0.2) is 54.2 Å². The maximum Gasteiger partial charge on any atom is 0.263 e. The molecule has 106 valence electrons. The summed E-state index contributed by atoms with van der Waals surface area (Å²) in [6, 6.07) is 0. The van der Waals surface area contributed by atoms with Crippen molar-refractivity contribution in [2.45, 2.75) is 33.0 Å². The highest BCUT2D eigenvalue weighted by Gasteiger charge is 2.21. The summed E-state index contributed by atoms with van der Waals surface area (Å²) in [5.74, 6) is -0.0191. The maximum absolute atomic E-state index is 11.9. The number of hydrogen-bond donors (Lipinski definition) is 1. The molecule has 1 N–H and O–H groups in total. The molecule has 0 aromatic carbocycles. The van der Waals surface area contributed by atoms with Crippen LogP contribution in [0.3, 0.4) is 0 Å². The number of hydrogen-bond acceptors (Lipinski definition) is 5. The molecule has 1 saturated heterocycles. The van der Waals surface area contributed by atoms with Crippen molar-refractivity contribution in [1.29, 1.82) is 0 Å². The molecule has 2 heterocycles. The van der Waals surface area contributed by atoms with Crippen LogP contribution in [0.15, 0.2) is 5.51 Å². The Kier molecular flexibility index (Phi) is 4.90. The predicted molar refractivity (Wildman–Crippen MR) is 75.6 cm³/mol. The standard InChI is InChI=1S/C13H21N3O2S/c1-9-6-16(7-10(2)18-9)5-4-14-13(17)12-11(3)15-8-19-12/h8-10H,4-7H2,1-3H3,(H,14,17)/t9-,10-/m1/s1. The summed E-state index contributed by atoms with van der Waals surface area (Å²) < 4.78 is 5.68. The molecule has 2 rings (SSSR count). The van der Waals surface area contributed by atoms with Crippen LogP contribution in [0.4, 0.5) is 0 Å². The molecule has 0 saturated carbocycles. The fourth-order valence-corrected chi connectivity index (χ4v) is 3.11. The first-order chi connectivity index (χ1) is 9.06. The largest absolute Gasteiger partial charge is 0.373 e. The van der Waals surface area contributed by atoms with Gasteiger partial charge in [0, 0.05) is 26.2 Å². The van der Waals surface area contributed by atoms with Gasteiger partial charge in [0.05, 0.1) is 23.4 Å². The number of carbonyl (C=O) groups excluding carboxylic acids is 1. The molecule has 1 aliphatic heterocycles. The lowest BCUT2D eigenvalue weighted by Crippen LogP contribution is -2.47. The zero-order valence-electron chi connectivity index (χ0n) is 11.7. The molecule has 1 fully saturated rings. The van der Waals surface area contributed by atoms with E-state index in [-0.39, 0.29) is 18.1 Å². The lowest BCUT2D eigenvalue weighted by atomic mass is 10.2. The second-order valence-corrected chi connectivity index (χ2v) is 5.89. The second kappa shape index (κ2) is 6.45. The monoisotopic (exact) mass is 283 g/mol.